The number of ether oxygens (including phenoxy) is 1. The van der Waals surface area contributed by atoms with E-state index in [9.17, 15) is 19.5 Å². The average Bonchev–Trinajstić information content (AvgIpc) is 3.24. The Morgan fingerprint density at radius 2 is 1.71 bits per heavy atom. The van der Waals surface area contributed by atoms with Crippen molar-refractivity contribution < 1.29 is 24.2 Å². The molecule has 1 spiro atoms. The first-order chi connectivity index (χ1) is 18.5. The van der Waals surface area contributed by atoms with Crippen LogP contribution in [0.2, 0.25) is 0 Å². The van der Waals surface area contributed by atoms with Gasteiger partial charge in [-0.1, -0.05) is 68.0 Å². The molecule has 8 nitrogen and oxygen atoms in total. The Labute approximate surface area is 224 Å². The maximum atomic E-state index is 14.2. The molecule has 5 rings (SSSR count). The van der Waals surface area contributed by atoms with Crippen LogP contribution in [0.25, 0.3) is 0 Å². The maximum absolute atomic E-state index is 14.2. The fourth-order valence-corrected chi connectivity index (χ4v) is 6.54. The van der Waals surface area contributed by atoms with Crippen LogP contribution in [0.5, 0.6) is 0 Å². The predicted octanol–water partition coefficient (Wildman–Crippen LogP) is 2.53. The van der Waals surface area contributed by atoms with Gasteiger partial charge >= 0.3 is 0 Å². The number of fused-ring (bicyclic) bond motifs is 2. The quantitative estimate of drug-likeness (QED) is 0.378. The number of aliphatic hydroxyl groups is 1. The van der Waals surface area contributed by atoms with Crippen LogP contribution in [-0.2, 0) is 25.7 Å². The second-order valence-corrected chi connectivity index (χ2v) is 10.8. The van der Waals surface area contributed by atoms with Gasteiger partial charge in [0.15, 0.2) is 0 Å². The van der Waals surface area contributed by atoms with Gasteiger partial charge in [0.05, 0.1) is 17.9 Å². The minimum absolute atomic E-state index is 0.0986. The molecule has 1 aromatic rings. The van der Waals surface area contributed by atoms with E-state index in [1.807, 2.05) is 59.5 Å². The number of unbranched alkanes of at least 4 members (excludes halogenated alkanes) is 3. The molecule has 1 aromatic carbocycles. The molecule has 0 radical (unpaired) electrons. The van der Waals surface area contributed by atoms with Crippen molar-refractivity contribution in [2.45, 2.75) is 63.3 Å². The molecule has 2 fully saturated rings. The van der Waals surface area contributed by atoms with E-state index in [0.717, 1.165) is 24.8 Å². The van der Waals surface area contributed by atoms with E-state index in [-0.39, 0.29) is 24.3 Å². The smallest absolute Gasteiger partial charge is 0.249 e. The highest BCUT2D eigenvalue weighted by Crippen LogP contribution is 2.53. The van der Waals surface area contributed by atoms with Crippen LogP contribution >= 0.6 is 0 Å². The Morgan fingerprint density at radius 1 is 0.921 bits per heavy atom. The molecule has 4 aliphatic heterocycles. The fraction of sp³-hybridized carbons (Fsp3) is 0.567. The van der Waals surface area contributed by atoms with Crippen LogP contribution in [0.4, 0.5) is 0 Å². The summed E-state index contributed by atoms with van der Waals surface area (Å²) in [5.74, 6) is -1.82. The lowest BCUT2D eigenvalue weighted by atomic mass is 9.77. The van der Waals surface area contributed by atoms with Gasteiger partial charge in [-0.05, 0) is 31.2 Å². The minimum Gasteiger partial charge on any atom is -0.396 e. The zero-order chi connectivity index (χ0) is 26.7. The summed E-state index contributed by atoms with van der Waals surface area (Å²) in [6.45, 7) is 4.60. The van der Waals surface area contributed by atoms with E-state index in [1.165, 1.54) is 0 Å². The van der Waals surface area contributed by atoms with E-state index in [2.05, 4.69) is 6.92 Å². The summed E-state index contributed by atoms with van der Waals surface area (Å²) in [5, 5.41) is 9.22. The average molecular weight is 522 g/mol. The van der Waals surface area contributed by atoms with Crippen LogP contribution in [-0.4, -0.2) is 88.1 Å². The zero-order valence-corrected chi connectivity index (χ0v) is 22.2. The number of benzene rings is 1. The van der Waals surface area contributed by atoms with Gasteiger partial charge in [0, 0.05) is 39.3 Å². The van der Waals surface area contributed by atoms with Crippen molar-refractivity contribution >= 4 is 17.7 Å². The molecule has 0 saturated carbocycles. The first-order valence-electron chi connectivity index (χ1n) is 14.1. The van der Waals surface area contributed by atoms with Gasteiger partial charge in [0.1, 0.15) is 11.6 Å². The summed E-state index contributed by atoms with van der Waals surface area (Å²) in [4.78, 5) is 47.6. The highest BCUT2D eigenvalue weighted by molar-refractivity contribution is 5.99. The van der Waals surface area contributed by atoms with E-state index in [0.29, 0.717) is 45.6 Å². The Morgan fingerprint density at radius 3 is 2.47 bits per heavy atom. The molecule has 5 atom stereocenters. The summed E-state index contributed by atoms with van der Waals surface area (Å²) < 4.78 is 6.69. The van der Waals surface area contributed by atoms with Gasteiger partial charge in [0.2, 0.25) is 17.7 Å². The zero-order valence-electron chi connectivity index (χ0n) is 22.2. The van der Waals surface area contributed by atoms with Gasteiger partial charge in [-0.3, -0.25) is 14.4 Å². The topological polar surface area (TPSA) is 90.4 Å². The van der Waals surface area contributed by atoms with E-state index in [4.69, 9.17) is 4.74 Å². The highest BCUT2D eigenvalue weighted by Gasteiger charge is 2.71. The molecule has 1 N–H and O–H groups in total. The second kappa shape index (κ2) is 11.4. The van der Waals surface area contributed by atoms with Crippen molar-refractivity contribution in [3.63, 3.8) is 0 Å². The van der Waals surface area contributed by atoms with Crippen LogP contribution in [0.15, 0.2) is 54.6 Å². The van der Waals surface area contributed by atoms with Crippen molar-refractivity contribution in [1.82, 2.24) is 14.7 Å². The van der Waals surface area contributed by atoms with Gasteiger partial charge in [-0.2, -0.15) is 0 Å². The lowest BCUT2D eigenvalue weighted by Gasteiger charge is -2.35. The number of nitrogens with zero attached hydrogens (tertiary/aromatic N) is 3. The molecule has 4 aliphatic rings. The first-order valence-corrected chi connectivity index (χ1v) is 14.1. The van der Waals surface area contributed by atoms with Crippen molar-refractivity contribution in [2.75, 3.05) is 32.8 Å². The molecule has 1 unspecified atom stereocenters. The van der Waals surface area contributed by atoms with Gasteiger partial charge in [-0.25, -0.2) is 0 Å². The van der Waals surface area contributed by atoms with E-state index >= 15 is 0 Å². The molecule has 0 aliphatic carbocycles. The lowest BCUT2D eigenvalue weighted by molar-refractivity contribution is -0.148. The van der Waals surface area contributed by atoms with Crippen LogP contribution in [0.3, 0.4) is 0 Å². The third-order valence-corrected chi connectivity index (χ3v) is 8.38. The summed E-state index contributed by atoms with van der Waals surface area (Å²) in [5.41, 5.74) is -0.143. The molecule has 0 bridgehead atoms. The number of amides is 3. The Kier molecular flexibility index (Phi) is 8.00. The van der Waals surface area contributed by atoms with Gasteiger partial charge < -0.3 is 24.5 Å². The number of hydrogen-bond acceptors (Lipinski definition) is 5. The monoisotopic (exact) mass is 521 g/mol. The molecular weight excluding hydrogens is 482 g/mol. The normalized spacial score (nSPS) is 30.4. The molecule has 4 heterocycles. The number of hydrogen-bond donors (Lipinski definition) is 1. The van der Waals surface area contributed by atoms with Crippen molar-refractivity contribution in [3.05, 3.63) is 60.2 Å². The van der Waals surface area contributed by atoms with Crippen molar-refractivity contribution in [2.24, 2.45) is 11.8 Å². The SMILES string of the molecule is CCCCN1CC=C[C@]23O[C@@H]4C=CCN(Cc5ccccc5)C(=O)[C@@H]4[C@H]2C(=O)N(CCCCCO)C3C1=O. The second-order valence-electron chi connectivity index (χ2n) is 10.8. The highest BCUT2D eigenvalue weighted by atomic mass is 16.5. The van der Waals surface area contributed by atoms with Gasteiger partial charge in [0.25, 0.3) is 0 Å². The predicted molar refractivity (Wildman–Crippen MR) is 143 cm³/mol. The molecule has 38 heavy (non-hydrogen) atoms. The molecule has 204 valence electrons. The van der Waals surface area contributed by atoms with Gasteiger partial charge in [-0.15, -0.1) is 0 Å². The summed E-state index contributed by atoms with van der Waals surface area (Å²) in [7, 11) is 0. The van der Waals surface area contributed by atoms with Crippen molar-refractivity contribution in [3.8, 4) is 0 Å². The lowest BCUT2D eigenvalue weighted by Crippen LogP contribution is -2.55. The maximum Gasteiger partial charge on any atom is 0.249 e. The Balaban J connectivity index is 1.49. The molecule has 2 saturated heterocycles. The van der Waals surface area contributed by atoms with E-state index in [1.54, 1.807) is 9.80 Å². The number of carbonyl (C=O) groups is 3. The van der Waals surface area contributed by atoms with E-state index < -0.39 is 29.6 Å². The Hall–Kier alpha value is -2.97. The number of aliphatic hydroxyl groups excluding tert-OH is 1. The van der Waals surface area contributed by atoms with Crippen LogP contribution in [0.1, 0.15) is 44.6 Å². The first kappa shape index (κ1) is 26.6. The molecule has 3 amide bonds. The molecule has 8 heteroatoms. The van der Waals surface area contributed by atoms with Crippen molar-refractivity contribution in [1.29, 1.82) is 0 Å². The summed E-state index contributed by atoms with van der Waals surface area (Å²) >= 11 is 0. The number of rotatable bonds is 10. The standard InChI is InChI=1S/C30H39N3O5/c1-2-3-16-31-18-11-15-30-25(28(36)33(26(30)29(31)37)19-8-5-9-20-34)24-23(38-30)14-10-17-32(27(24)35)21-22-12-6-4-7-13-22/h4,6-7,10-15,23-26,34H,2-3,5,8-9,16-21H2,1H3/t23-,24+,25+,26?,30+/m1/s1. The third kappa shape index (κ3) is 4.69. The minimum atomic E-state index is -1.17. The largest absolute Gasteiger partial charge is 0.396 e. The third-order valence-electron chi connectivity index (χ3n) is 8.38. The molecule has 0 aromatic heterocycles. The summed E-state index contributed by atoms with van der Waals surface area (Å²) in [6.07, 6.45) is 11.1. The Bertz CT molecular complexity index is 1090. The van der Waals surface area contributed by atoms with Crippen LogP contribution in [0, 0.1) is 11.8 Å². The summed E-state index contributed by atoms with van der Waals surface area (Å²) in [6, 6.07) is 9.05. The van der Waals surface area contributed by atoms with Crippen LogP contribution < -0.4 is 0 Å². The fourth-order valence-electron chi connectivity index (χ4n) is 6.54. The number of likely N-dealkylation sites (tertiary alicyclic amines) is 1. The number of carbonyl (C=O) groups excluding carboxylic acids is 3. The molecular formula is C30H39N3O5.